The zero-order valence-electron chi connectivity index (χ0n) is 16.5. The fourth-order valence-electron chi connectivity index (χ4n) is 3.63. The number of hydrogen-bond donors (Lipinski definition) is 0. The third-order valence-corrected chi connectivity index (χ3v) is 4.81. The molecule has 0 aliphatic carbocycles. The van der Waals surface area contributed by atoms with Gasteiger partial charge in [-0.15, -0.1) is 0 Å². The van der Waals surface area contributed by atoms with Gasteiger partial charge in [0.2, 0.25) is 0 Å². The van der Waals surface area contributed by atoms with E-state index in [0.29, 0.717) is 18.4 Å². The van der Waals surface area contributed by atoms with Crippen molar-refractivity contribution in [2.24, 2.45) is 11.8 Å². The van der Waals surface area contributed by atoms with E-state index in [2.05, 4.69) is 18.9 Å². The molecule has 3 rings (SSSR count). The molecule has 1 aliphatic rings. The van der Waals surface area contributed by atoms with Crippen molar-refractivity contribution >= 4 is 18.0 Å². The summed E-state index contributed by atoms with van der Waals surface area (Å²) < 4.78 is 6.92. The molecule has 0 N–H and O–H groups in total. The molecule has 1 aliphatic heterocycles. The molecule has 1 fully saturated rings. The Morgan fingerprint density at radius 2 is 1.89 bits per heavy atom. The van der Waals surface area contributed by atoms with Crippen LogP contribution in [0.15, 0.2) is 48.8 Å². The molecule has 2 atom stereocenters. The molecular weight excluding hydrogens is 354 g/mol. The van der Waals surface area contributed by atoms with E-state index >= 15 is 0 Å². The second kappa shape index (κ2) is 9.35. The molecule has 1 aromatic carbocycles. The fourth-order valence-corrected chi connectivity index (χ4v) is 3.63. The summed E-state index contributed by atoms with van der Waals surface area (Å²) in [6.07, 6.45) is 7.65. The topological polar surface area (TPSA) is 64.4 Å². The second-order valence-electron chi connectivity index (χ2n) is 7.64. The highest BCUT2D eigenvalue weighted by molar-refractivity contribution is 5.89. The number of aromatic nitrogens is 2. The van der Waals surface area contributed by atoms with Crippen LogP contribution >= 0.6 is 0 Å². The van der Waals surface area contributed by atoms with Crippen LogP contribution in [0.3, 0.4) is 0 Å². The van der Waals surface area contributed by atoms with Gasteiger partial charge in [-0.05, 0) is 29.9 Å². The second-order valence-corrected chi connectivity index (χ2v) is 7.64. The molecule has 2 aromatic rings. The number of esters is 1. The summed E-state index contributed by atoms with van der Waals surface area (Å²) in [5, 5.41) is 4.29. The minimum Gasteiger partial charge on any atom is -0.452 e. The van der Waals surface area contributed by atoms with Crippen LogP contribution in [0.4, 0.5) is 0 Å². The van der Waals surface area contributed by atoms with Crippen molar-refractivity contribution in [1.29, 1.82) is 0 Å². The lowest BCUT2D eigenvalue weighted by Gasteiger charge is -2.34. The number of carbonyl (C=O) groups excluding carboxylic acids is 2. The molecule has 1 aromatic heterocycles. The van der Waals surface area contributed by atoms with Gasteiger partial charge in [0.05, 0.1) is 12.7 Å². The maximum atomic E-state index is 12.3. The van der Waals surface area contributed by atoms with Crippen LogP contribution in [0.1, 0.15) is 31.4 Å². The van der Waals surface area contributed by atoms with Crippen LogP contribution in [0.2, 0.25) is 0 Å². The molecule has 0 unspecified atom stereocenters. The van der Waals surface area contributed by atoms with Gasteiger partial charge in [0, 0.05) is 30.9 Å². The first-order chi connectivity index (χ1) is 13.5. The molecule has 2 heterocycles. The molecule has 6 nitrogen and oxygen atoms in total. The first-order valence-corrected chi connectivity index (χ1v) is 9.68. The van der Waals surface area contributed by atoms with Crippen molar-refractivity contribution in [2.75, 3.05) is 19.7 Å². The Kier molecular flexibility index (Phi) is 6.63. The minimum atomic E-state index is -0.526. The van der Waals surface area contributed by atoms with Crippen LogP contribution in [0, 0.1) is 11.8 Å². The highest BCUT2D eigenvalue weighted by atomic mass is 16.5. The average Bonchev–Trinajstić information content (AvgIpc) is 3.12. The summed E-state index contributed by atoms with van der Waals surface area (Å²) >= 11 is 0. The average molecular weight is 381 g/mol. The van der Waals surface area contributed by atoms with Crippen molar-refractivity contribution in [3.05, 3.63) is 59.9 Å². The predicted molar refractivity (Wildman–Crippen MR) is 107 cm³/mol. The molecule has 1 saturated heterocycles. The van der Waals surface area contributed by atoms with Crippen molar-refractivity contribution < 1.29 is 14.3 Å². The molecule has 0 radical (unpaired) electrons. The summed E-state index contributed by atoms with van der Waals surface area (Å²) in [5.41, 5.74) is 1.96. The van der Waals surface area contributed by atoms with E-state index in [1.807, 2.05) is 41.2 Å². The Morgan fingerprint density at radius 3 is 2.61 bits per heavy atom. The molecule has 1 amide bonds. The smallest absolute Gasteiger partial charge is 0.331 e. The van der Waals surface area contributed by atoms with Crippen LogP contribution in [-0.2, 0) is 20.9 Å². The van der Waals surface area contributed by atoms with E-state index in [1.165, 1.54) is 6.08 Å². The standard InChI is InChI=1S/C22H27N3O3/c1-17-10-18(2)13-24(12-17)21(26)16-28-22(27)9-8-20-11-23-25(15-20)14-19-6-4-3-5-7-19/h3-9,11,15,17-18H,10,12-14,16H2,1-2H3/b9-8+/t17-,18-/m0/s1. The quantitative estimate of drug-likeness (QED) is 0.570. The number of piperidine rings is 1. The van der Waals surface area contributed by atoms with Crippen molar-refractivity contribution in [3.63, 3.8) is 0 Å². The molecule has 148 valence electrons. The lowest BCUT2D eigenvalue weighted by atomic mass is 9.92. The number of nitrogens with zero attached hydrogens (tertiary/aromatic N) is 3. The maximum absolute atomic E-state index is 12.3. The highest BCUT2D eigenvalue weighted by Gasteiger charge is 2.25. The van der Waals surface area contributed by atoms with Crippen molar-refractivity contribution in [1.82, 2.24) is 14.7 Å². The third-order valence-electron chi connectivity index (χ3n) is 4.81. The maximum Gasteiger partial charge on any atom is 0.331 e. The summed E-state index contributed by atoms with van der Waals surface area (Å²) in [6, 6.07) is 10.0. The normalized spacial score (nSPS) is 19.7. The summed E-state index contributed by atoms with van der Waals surface area (Å²) in [4.78, 5) is 26.0. The number of amides is 1. The summed E-state index contributed by atoms with van der Waals surface area (Å²) in [5.74, 6) is 0.310. The third kappa shape index (κ3) is 5.81. The Balaban J connectivity index is 1.45. The number of hydrogen-bond acceptors (Lipinski definition) is 4. The number of rotatable bonds is 6. The largest absolute Gasteiger partial charge is 0.452 e. The monoisotopic (exact) mass is 381 g/mol. The van der Waals surface area contributed by atoms with Gasteiger partial charge in [0.1, 0.15) is 0 Å². The van der Waals surface area contributed by atoms with Crippen LogP contribution in [0.25, 0.3) is 6.08 Å². The molecule has 0 bridgehead atoms. The Morgan fingerprint density at radius 1 is 1.18 bits per heavy atom. The lowest BCUT2D eigenvalue weighted by molar-refractivity contribution is -0.149. The van der Waals surface area contributed by atoms with Crippen molar-refractivity contribution in [3.8, 4) is 0 Å². The Bertz CT molecular complexity index is 819. The van der Waals surface area contributed by atoms with E-state index in [4.69, 9.17) is 4.74 Å². The SMILES string of the molecule is C[C@H]1C[C@H](C)CN(C(=O)COC(=O)/C=C/c2cnn(Cc3ccccc3)c2)C1. The van der Waals surface area contributed by atoms with E-state index in [-0.39, 0.29) is 12.5 Å². The van der Waals surface area contributed by atoms with Gasteiger partial charge in [-0.2, -0.15) is 5.10 Å². The van der Waals surface area contributed by atoms with Crippen LogP contribution in [0.5, 0.6) is 0 Å². The fraction of sp³-hybridized carbons (Fsp3) is 0.409. The van der Waals surface area contributed by atoms with E-state index in [0.717, 1.165) is 30.6 Å². The number of likely N-dealkylation sites (tertiary alicyclic amines) is 1. The molecule has 0 spiro atoms. The number of ether oxygens (including phenoxy) is 1. The molecular formula is C22H27N3O3. The van der Waals surface area contributed by atoms with Gasteiger partial charge in [0.25, 0.3) is 5.91 Å². The zero-order chi connectivity index (χ0) is 19.9. The van der Waals surface area contributed by atoms with Gasteiger partial charge in [-0.25, -0.2) is 4.79 Å². The minimum absolute atomic E-state index is 0.129. The summed E-state index contributed by atoms with van der Waals surface area (Å²) in [6.45, 7) is 6.20. The van der Waals surface area contributed by atoms with Gasteiger partial charge >= 0.3 is 5.97 Å². The van der Waals surface area contributed by atoms with E-state index in [1.54, 1.807) is 17.2 Å². The Hall–Kier alpha value is -2.89. The first kappa shape index (κ1) is 19.9. The van der Waals surface area contributed by atoms with Gasteiger partial charge in [-0.3, -0.25) is 9.48 Å². The molecule has 0 saturated carbocycles. The lowest BCUT2D eigenvalue weighted by Crippen LogP contribution is -2.44. The molecule has 6 heteroatoms. The van der Waals surface area contributed by atoms with Crippen LogP contribution in [-0.4, -0.2) is 46.3 Å². The Labute approximate surface area is 165 Å². The summed E-state index contributed by atoms with van der Waals surface area (Å²) in [7, 11) is 0. The zero-order valence-corrected chi connectivity index (χ0v) is 16.5. The first-order valence-electron chi connectivity index (χ1n) is 9.68. The van der Waals surface area contributed by atoms with Gasteiger partial charge in [-0.1, -0.05) is 44.2 Å². The van der Waals surface area contributed by atoms with Crippen LogP contribution < -0.4 is 0 Å². The van der Waals surface area contributed by atoms with Crippen molar-refractivity contribution in [2.45, 2.75) is 26.8 Å². The van der Waals surface area contributed by atoms with Gasteiger partial charge in [0.15, 0.2) is 6.61 Å². The number of carbonyl (C=O) groups is 2. The predicted octanol–water partition coefficient (Wildman–Crippen LogP) is 2.99. The molecule has 28 heavy (non-hydrogen) atoms. The van der Waals surface area contributed by atoms with Gasteiger partial charge < -0.3 is 9.64 Å². The van der Waals surface area contributed by atoms with E-state index < -0.39 is 5.97 Å². The van der Waals surface area contributed by atoms with E-state index in [9.17, 15) is 9.59 Å². The number of benzene rings is 1. The highest BCUT2D eigenvalue weighted by Crippen LogP contribution is 2.20.